The van der Waals surface area contributed by atoms with Crippen molar-refractivity contribution in [3.8, 4) is 0 Å². The Labute approximate surface area is 738 Å². The van der Waals surface area contributed by atoms with Crippen molar-refractivity contribution in [2.45, 2.75) is 316 Å². The van der Waals surface area contributed by atoms with E-state index in [0.717, 1.165) is 45.5 Å². The maximum absolute atomic E-state index is 16.1. The first-order valence-corrected chi connectivity index (χ1v) is 46.2. The van der Waals surface area contributed by atoms with Crippen LogP contribution in [0, 0.1) is 0 Å². The molecule has 0 atom stereocenters. The van der Waals surface area contributed by atoms with Crippen LogP contribution in [0.4, 0.5) is 55.1 Å². The van der Waals surface area contributed by atoms with Crippen molar-refractivity contribution in [1.82, 2.24) is 0 Å². The van der Waals surface area contributed by atoms with Gasteiger partial charge in [0, 0.05) is 95.1 Å². The summed E-state index contributed by atoms with van der Waals surface area (Å²) >= 11 is 0. The van der Waals surface area contributed by atoms with Crippen molar-refractivity contribution in [3.05, 3.63) is 284 Å². The summed E-state index contributed by atoms with van der Waals surface area (Å²) in [5.41, 5.74) is 28.3. The lowest BCUT2D eigenvalue weighted by atomic mass is 9.69. The molecule has 0 saturated heterocycles. The SMILES string of the molecule is CC(C)c1cccc(C(C)C)c1N1C=CN(c2c(C(C)C)cccc2C(C)C)B1OC(=O)B1N(c2c(C(C)C)cccc2C(C)C)C=CN1c1c(C(C)C)cccc1C(C)C.CC(C)c1cccc(C(C)C)c1N1C=CN(c2c(C(C)C)cccc2C(C)C)B1OC(=O)B1N(c2c(C(C)C)cccc2C(C)C)C=CN1c1c(C(C)C)cccc1C(C)C. The first kappa shape index (κ1) is 93.0. The van der Waals surface area contributed by atoms with Crippen molar-refractivity contribution in [3.63, 3.8) is 0 Å². The smallest absolute Gasteiger partial charge is 0.500 e. The van der Waals surface area contributed by atoms with Gasteiger partial charge in [-0.1, -0.05) is 367 Å². The van der Waals surface area contributed by atoms with E-state index in [1.807, 2.05) is 0 Å². The molecule has 0 fully saturated rings. The average molecular weight is 1640 g/mol. The molecule has 0 spiro atoms. The molecule has 0 aliphatic carbocycles. The normalized spacial score (nSPS) is 14.5. The van der Waals surface area contributed by atoms with Crippen LogP contribution < -0.4 is 38.5 Å². The minimum absolute atomic E-state index is 0.232. The number of nitrogens with zero attached hydrogens (tertiary/aromatic N) is 8. The third-order valence-corrected chi connectivity index (χ3v) is 25.2. The summed E-state index contributed by atoms with van der Waals surface area (Å²) in [6, 6.07) is 53.1. The van der Waals surface area contributed by atoms with Crippen LogP contribution in [0.2, 0.25) is 0 Å². The van der Waals surface area contributed by atoms with E-state index in [1.54, 1.807) is 0 Å². The Hall–Kier alpha value is -9.68. The lowest BCUT2D eigenvalue weighted by Gasteiger charge is -2.37. The van der Waals surface area contributed by atoms with Crippen LogP contribution in [0.15, 0.2) is 195 Å². The number of carbonyl (C=O) groups excluding carboxylic acids is 2. The van der Waals surface area contributed by atoms with Crippen molar-refractivity contribution in [1.29, 1.82) is 0 Å². The van der Waals surface area contributed by atoms with E-state index in [2.05, 4.69) is 455 Å². The maximum atomic E-state index is 16.1. The second-order valence-corrected chi connectivity index (χ2v) is 39.5. The van der Waals surface area contributed by atoms with E-state index in [1.165, 1.54) is 89.0 Å². The van der Waals surface area contributed by atoms with Crippen LogP contribution in [-0.4, -0.2) is 40.1 Å². The van der Waals surface area contributed by atoms with Gasteiger partial charge in [-0.3, -0.25) is 9.59 Å². The Kier molecular flexibility index (Phi) is 29.8. The third kappa shape index (κ3) is 18.6. The zero-order valence-corrected chi connectivity index (χ0v) is 80.2. The van der Waals surface area contributed by atoms with Gasteiger partial charge < -0.3 is 47.8 Å². The topological polar surface area (TPSA) is 78.5 Å². The Bertz CT molecular complexity index is 4320. The molecule has 0 unspecified atom stereocenters. The van der Waals surface area contributed by atoms with Crippen LogP contribution in [0.5, 0.6) is 0 Å². The quantitative estimate of drug-likeness (QED) is 0.0438. The van der Waals surface area contributed by atoms with E-state index in [9.17, 15) is 0 Å². The van der Waals surface area contributed by atoms with E-state index >= 15 is 9.59 Å². The Morgan fingerprint density at radius 3 is 0.385 bits per heavy atom. The van der Waals surface area contributed by atoms with E-state index in [-0.39, 0.29) is 106 Å². The van der Waals surface area contributed by atoms with Crippen LogP contribution in [0.25, 0.3) is 0 Å². The summed E-state index contributed by atoms with van der Waals surface area (Å²) in [4.78, 5) is 50.0. The van der Waals surface area contributed by atoms with Crippen LogP contribution in [0.1, 0.15) is 405 Å². The van der Waals surface area contributed by atoms with Gasteiger partial charge in [0.25, 0.3) is 11.7 Å². The fourth-order valence-corrected chi connectivity index (χ4v) is 18.7. The third-order valence-electron chi connectivity index (χ3n) is 25.2. The number of hydrogen-bond donors (Lipinski definition) is 0. The summed E-state index contributed by atoms with van der Waals surface area (Å²) in [6.07, 6.45) is 17.1. The first-order chi connectivity index (χ1) is 57.7. The number of anilines is 8. The summed E-state index contributed by atoms with van der Waals surface area (Å²) in [7, 11) is -1.58. The highest BCUT2D eigenvalue weighted by Gasteiger charge is 2.54. The standard InChI is InChI=1S/2C53H72B2N4O2/c2*1-33(2)41-21-17-22-42(34(3)4)49(41)56-29-30-57(50-43(35(5)6)23-18-24-44(50)36(7)8)54(56)53(60)61-55-58(51-45(37(9)10)25-19-26-46(51)38(11)12)31-32-59(55)52-47(39(13)14)27-20-28-48(52)40(15)16/h2*17-40H,1-16H3. The minimum atomic E-state index is -0.811. The molecule has 0 bridgehead atoms. The van der Waals surface area contributed by atoms with Gasteiger partial charge in [0.2, 0.25) is 0 Å². The first-order valence-electron chi connectivity index (χ1n) is 46.2. The largest absolute Gasteiger partial charge is 0.628 e. The molecule has 4 aliphatic heterocycles. The Morgan fingerprint density at radius 1 is 0.180 bits per heavy atom. The second-order valence-electron chi connectivity index (χ2n) is 39.5. The van der Waals surface area contributed by atoms with Crippen LogP contribution in [0.3, 0.4) is 0 Å². The lowest BCUT2D eigenvalue weighted by molar-refractivity contribution is 0.222. The highest BCUT2D eigenvalue weighted by atomic mass is 16.5. The van der Waals surface area contributed by atoms with Crippen molar-refractivity contribution in [2.24, 2.45) is 0 Å². The number of hydrogen-bond acceptors (Lipinski definition) is 12. The Balaban J connectivity index is 0.000000238. The minimum Gasteiger partial charge on any atom is -0.500 e. The second kappa shape index (κ2) is 39.0. The molecule has 0 N–H and O–H groups in total. The number of carbonyl (C=O) groups is 2. The summed E-state index contributed by atoms with van der Waals surface area (Å²) in [5.74, 6) is 3.21. The molecule has 0 amide bonds. The molecule has 122 heavy (non-hydrogen) atoms. The number of rotatable bonds is 28. The van der Waals surface area contributed by atoms with Crippen molar-refractivity contribution >= 4 is 85.6 Å². The van der Waals surface area contributed by atoms with Gasteiger partial charge in [-0.15, -0.1) is 0 Å². The molecule has 8 aromatic rings. The summed E-state index contributed by atoms with van der Waals surface area (Å²) in [5, 5.41) is 0. The van der Waals surface area contributed by atoms with Gasteiger partial charge in [0.1, 0.15) is 0 Å². The van der Waals surface area contributed by atoms with E-state index in [0.29, 0.717) is 0 Å². The number of benzene rings is 8. The van der Waals surface area contributed by atoms with Gasteiger partial charge in [0.15, 0.2) is 0 Å². The zero-order chi connectivity index (χ0) is 89.2. The molecular formula is C106H144B4N8O4. The van der Waals surface area contributed by atoms with Crippen molar-refractivity contribution < 1.29 is 18.9 Å². The maximum Gasteiger partial charge on any atom is 0.628 e. The fourth-order valence-electron chi connectivity index (χ4n) is 18.7. The lowest BCUT2D eigenvalue weighted by Crippen LogP contribution is -2.57. The molecule has 0 saturated carbocycles. The molecular weight excluding hydrogens is 1490 g/mol. The predicted molar refractivity (Wildman–Crippen MR) is 529 cm³/mol. The Morgan fingerprint density at radius 2 is 0.279 bits per heavy atom. The van der Waals surface area contributed by atoms with Gasteiger partial charge >= 0.3 is 28.3 Å². The summed E-state index contributed by atoms with van der Waals surface area (Å²) < 4.78 is 14.6. The van der Waals surface area contributed by atoms with E-state index < -0.39 is 28.3 Å². The van der Waals surface area contributed by atoms with E-state index in [4.69, 9.17) is 9.31 Å². The highest BCUT2D eigenvalue weighted by molar-refractivity contribution is 6.97. The highest BCUT2D eigenvalue weighted by Crippen LogP contribution is 2.50. The van der Waals surface area contributed by atoms with Crippen LogP contribution in [-0.2, 0) is 9.31 Å². The molecule has 644 valence electrons. The molecule has 8 aromatic carbocycles. The van der Waals surface area contributed by atoms with Crippen LogP contribution >= 0.6 is 0 Å². The zero-order valence-electron chi connectivity index (χ0n) is 80.2. The van der Waals surface area contributed by atoms with Gasteiger partial charge in [-0.2, -0.15) is 0 Å². The van der Waals surface area contributed by atoms with Gasteiger partial charge in [-0.25, -0.2) is 0 Å². The van der Waals surface area contributed by atoms with Crippen molar-refractivity contribution in [2.75, 3.05) is 38.5 Å². The predicted octanol–water partition coefficient (Wildman–Crippen LogP) is 30.3. The molecule has 12 nitrogen and oxygen atoms in total. The molecule has 0 aromatic heterocycles. The monoisotopic (exact) mass is 1640 g/mol. The number of para-hydroxylation sites is 8. The molecule has 16 heteroatoms. The summed E-state index contributed by atoms with van der Waals surface area (Å²) in [6.45, 7) is 70.4. The molecule has 12 rings (SSSR count). The van der Waals surface area contributed by atoms with Gasteiger partial charge in [0.05, 0.1) is 0 Å². The fraction of sp³-hybridized carbons (Fsp3) is 0.453. The molecule has 4 aliphatic rings. The molecule has 4 heterocycles. The van der Waals surface area contributed by atoms with Gasteiger partial charge in [-0.05, 0) is 184 Å². The average Bonchev–Trinajstić information content (AvgIpc) is 1.59. The molecule has 0 radical (unpaired) electrons.